The monoisotopic (exact) mass is 357 g/mol. The molecule has 7 heteroatoms. The highest BCUT2D eigenvalue weighted by molar-refractivity contribution is 6.18. The van der Waals surface area contributed by atoms with Gasteiger partial charge < -0.3 is 10.1 Å². The van der Waals surface area contributed by atoms with Gasteiger partial charge in [-0.1, -0.05) is 24.3 Å². The molecule has 0 fully saturated rings. The molecule has 0 aliphatic rings. The Hall–Kier alpha value is -2.60. The molecule has 3 aromatic rings. The summed E-state index contributed by atoms with van der Waals surface area (Å²) in [6.07, 6.45) is 2.13. The second-order valence-electron chi connectivity index (χ2n) is 5.73. The zero-order valence-corrected chi connectivity index (χ0v) is 15.0. The van der Waals surface area contributed by atoms with E-state index in [4.69, 9.17) is 16.3 Å². The van der Waals surface area contributed by atoms with Crippen LogP contribution in [-0.4, -0.2) is 39.1 Å². The van der Waals surface area contributed by atoms with Crippen molar-refractivity contribution in [3.8, 4) is 16.9 Å². The molecule has 0 atom stereocenters. The number of halogens is 1. The van der Waals surface area contributed by atoms with Crippen LogP contribution in [0.5, 0.6) is 5.75 Å². The molecule has 6 nitrogen and oxygen atoms in total. The number of hydrogen-bond donors (Lipinski definition) is 1. The molecule has 0 bridgehead atoms. The fourth-order valence-corrected chi connectivity index (χ4v) is 2.80. The third kappa shape index (κ3) is 3.58. The number of methoxy groups -OCH3 is 1. The van der Waals surface area contributed by atoms with E-state index >= 15 is 0 Å². The number of alkyl halides is 1. The van der Waals surface area contributed by atoms with Crippen molar-refractivity contribution in [2.75, 3.05) is 24.9 Å². The Morgan fingerprint density at radius 1 is 1.32 bits per heavy atom. The van der Waals surface area contributed by atoms with Crippen LogP contribution in [0.2, 0.25) is 0 Å². The van der Waals surface area contributed by atoms with Crippen LogP contribution in [-0.2, 0) is 6.42 Å². The summed E-state index contributed by atoms with van der Waals surface area (Å²) in [6, 6.07) is 7.85. The van der Waals surface area contributed by atoms with Gasteiger partial charge in [-0.05, 0) is 24.6 Å². The summed E-state index contributed by atoms with van der Waals surface area (Å²) < 4.78 is 6.97. The van der Waals surface area contributed by atoms with Crippen LogP contribution in [0.4, 0.5) is 5.82 Å². The smallest absolute Gasteiger partial charge is 0.254 e. The van der Waals surface area contributed by atoms with Gasteiger partial charge in [-0.2, -0.15) is 14.6 Å². The molecule has 1 N–H and O–H groups in total. The lowest BCUT2D eigenvalue weighted by molar-refractivity contribution is 0.415. The molecule has 3 rings (SSSR count). The van der Waals surface area contributed by atoms with Crippen LogP contribution in [0.15, 0.2) is 42.7 Å². The number of benzene rings is 1. The first-order valence-corrected chi connectivity index (χ1v) is 8.48. The van der Waals surface area contributed by atoms with Gasteiger partial charge in [0.15, 0.2) is 0 Å². The highest BCUT2D eigenvalue weighted by Crippen LogP contribution is 2.32. The second kappa shape index (κ2) is 7.53. The number of aryl methyl sites for hydroxylation is 1. The maximum Gasteiger partial charge on any atom is 0.254 e. The van der Waals surface area contributed by atoms with Gasteiger partial charge in [0.25, 0.3) is 5.78 Å². The van der Waals surface area contributed by atoms with Gasteiger partial charge in [0.2, 0.25) is 0 Å². The summed E-state index contributed by atoms with van der Waals surface area (Å²) in [5, 5.41) is 7.73. The van der Waals surface area contributed by atoms with Crippen molar-refractivity contribution in [1.29, 1.82) is 0 Å². The number of ether oxygens (including phenoxy) is 1. The Morgan fingerprint density at radius 2 is 2.08 bits per heavy atom. The van der Waals surface area contributed by atoms with E-state index in [2.05, 4.69) is 27.0 Å². The predicted octanol–water partition coefficient (Wildman–Crippen LogP) is 3.57. The Kier molecular flexibility index (Phi) is 5.19. The molecule has 25 heavy (non-hydrogen) atoms. The maximum atomic E-state index is 6.01. The van der Waals surface area contributed by atoms with E-state index < -0.39 is 0 Å². The molecule has 2 aromatic heterocycles. The van der Waals surface area contributed by atoms with Gasteiger partial charge >= 0.3 is 0 Å². The van der Waals surface area contributed by atoms with Crippen molar-refractivity contribution in [2.45, 2.75) is 13.3 Å². The summed E-state index contributed by atoms with van der Waals surface area (Å²) in [4.78, 5) is 8.87. The van der Waals surface area contributed by atoms with Crippen molar-refractivity contribution in [3.05, 3.63) is 48.4 Å². The lowest BCUT2D eigenvalue weighted by Gasteiger charge is -2.17. The quantitative estimate of drug-likeness (QED) is 0.517. The zero-order valence-electron chi connectivity index (χ0n) is 14.3. The lowest BCUT2D eigenvalue weighted by Crippen LogP contribution is -2.12. The Labute approximate surface area is 151 Å². The fraction of sp³-hybridized carbons (Fsp3) is 0.278. The topological polar surface area (TPSA) is 64.3 Å². The average Bonchev–Trinajstić information content (AvgIpc) is 3.08. The van der Waals surface area contributed by atoms with Crippen molar-refractivity contribution in [3.63, 3.8) is 0 Å². The van der Waals surface area contributed by atoms with Crippen LogP contribution < -0.4 is 10.1 Å². The van der Waals surface area contributed by atoms with Crippen LogP contribution in [0.3, 0.4) is 0 Å². The molecular formula is C18H20ClN5O. The molecular weight excluding hydrogens is 338 g/mol. The van der Waals surface area contributed by atoms with Crippen molar-refractivity contribution in [2.24, 2.45) is 0 Å². The molecule has 0 amide bonds. The Bertz CT molecular complexity index is 888. The van der Waals surface area contributed by atoms with Gasteiger partial charge in [0, 0.05) is 24.4 Å². The maximum absolute atomic E-state index is 6.01. The molecule has 0 saturated carbocycles. The first-order valence-electron chi connectivity index (χ1n) is 7.95. The molecule has 0 aliphatic carbocycles. The van der Waals surface area contributed by atoms with Crippen molar-refractivity contribution < 1.29 is 4.74 Å². The molecule has 0 spiro atoms. The normalized spacial score (nSPS) is 10.8. The van der Waals surface area contributed by atoms with E-state index in [1.54, 1.807) is 11.6 Å². The van der Waals surface area contributed by atoms with Gasteiger partial charge in [-0.25, -0.2) is 4.98 Å². The van der Waals surface area contributed by atoms with Gasteiger partial charge in [0.1, 0.15) is 17.9 Å². The van der Waals surface area contributed by atoms with Crippen molar-refractivity contribution >= 4 is 23.2 Å². The highest BCUT2D eigenvalue weighted by Gasteiger charge is 2.18. The third-order valence-corrected chi connectivity index (χ3v) is 3.96. The lowest BCUT2D eigenvalue weighted by atomic mass is 10.0. The minimum absolute atomic E-state index is 0.473. The standard InChI is InChI=1S/C18H20ClN5O/c1-12(2)10-20-17-16(13-4-6-14(25-3)7-5-13)15(8-9-19)23-18-21-11-22-24(17)18/h4-7,11,20H,1,8-10H2,2-3H3. The third-order valence-electron chi connectivity index (χ3n) is 3.77. The van der Waals surface area contributed by atoms with Gasteiger partial charge in [-0.15, -0.1) is 11.6 Å². The summed E-state index contributed by atoms with van der Waals surface area (Å²) in [7, 11) is 1.65. The fourth-order valence-electron chi connectivity index (χ4n) is 2.62. The van der Waals surface area contributed by atoms with E-state index in [9.17, 15) is 0 Å². The summed E-state index contributed by atoms with van der Waals surface area (Å²) in [5.41, 5.74) is 3.87. The number of nitrogens with zero attached hydrogens (tertiary/aromatic N) is 4. The van der Waals surface area contributed by atoms with E-state index in [1.165, 1.54) is 6.33 Å². The van der Waals surface area contributed by atoms with Gasteiger partial charge in [-0.3, -0.25) is 0 Å². The number of nitrogens with one attached hydrogen (secondary N) is 1. The second-order valence-corrected chi connectivity index (χ2v) is 6.11. The predicted molar refractivity (Wildman–Crippen MR) is 100 cm³/mol. The average molecular weight is 358 g/mol. The minimum atomic E-state index is 0.473. The van der Waals surface area contributed by atoms with Gasteiger partial charge in [0.05, 0.1) is 12.8 Å². The van der Waals surface area contributed by atoms with Crippen LogP contribution in [0, 0.1) is 0 Å². The Morgan fingerprint density at radius 3 is 2.72 bits per heavy atom. The minimum Gasteiger partial charge on any atom is -0.497 e. The first kappa shape index (κ1) is 17.2. The Balaban J connectivity index is 2.21. The number of aromatic nitrogens is 4. The van der Waals surface area contributed by atoms with E-state index in [0.717, 1.165) is 34.0 Å². The molecule has 1 aromatic carbocycles. The van der Waals surface area contributed by atoms with E-state index in [0.29, 0.717) is 24.6 Å². The number of fused-ring (bicyclic) bond motifs is 1. The van der Waals surface area contributed by atoms with Crippen LogP contribution in [0.25, 0.3) is 16.9 Å². The van der Waals surface area contributed by atoms with E-state index in [-0.39, 0.29) is 0 Å². The molecule has 2 heterocycles. The molecule has 0 saturated heterocycles. The van der Waals surface area contributed by atoms with Crippen molar-refractivity contribution in [1.82, 2.24) is 19.6 Å². The highest BCUT2D eigenvalue weighted by atomic mass is 35.5. The zero-order chi connectivity index (χ0) is 17.8. The molecule has 0 radical (unpaired) electrons. The van der Waals surface area contributed by atoms with Crippen LogP contribution >= 0.6 is 11.6 Å². The summed E-state index contributed by atoms with van der Waals surface area (Å²) in [5.74, 6) is 2.65. The number of anilines is 1. The van der Waals surface area contributed by atoms with E-state index in [1.807, 2.05) is 31.2 Å². The number of rotatable bonds is 7. The van der Waals surface area contributed by atoms with Crippen LogP contribution in [0.1, 0.15) is 12.6 Å². The molecule has 0 unspecified atom stereocenters. The number of hydrogen-bond acceptors (Lipinski definition) is 5. The molecule has 130 valence electrons. The summed E-state index contributed by atoms with van der Waals surface area (Å²) >= 11 is 6.01. The largest absolute Gasteiger partial charge is 0.497 e. The summed E-state index contributed by atoms with van der Waals surface area (Å²) in [6.45, 7) is 6.56. The molecule has 0 aliphatic heterocycles. The first-order chi connectivity index (χ1) is 12.1. The SMILES string of the molecule is C=C(C)CNc1c(-c2ccc(OC)cc2)c(CCCl)nc2ncnn12.